The molecule has 0 saturated carbocycles. The van der Waals surface area contributed by atoms with Gasteiger partial charge in [-0.05, 0) is 6.07 Å². The van der Waals surface area contributed by atoms with E-state index in [1.165, 1.54) is 12.3 Å². The molecular weight excluding hydrogens is 207 g/mol. The van der Waals surface area contributed by atoms with E-state index in [1.807, 2.05) is 17.8 Å². The molecule has 0 saturated heterocycles. The Morgan fingerprint density at radius 1 is 1.38 bits per heavy atom. The highest BCUT2D eigenvalue weighted by Crippen LogP contribution is 2.06. The first kappa shape index (κ1) is 10.6. The Balaban J connectivity index is 1.87. The number of rotatable bonds is 4. The molecule has 0 atom stereocenters. The van der Waals surface area contributed by atoms with E-state index in [0.717, 1.165) is 17.9 Å². The monoisotopic (exact) mass is 220 g/mol. The van der Waals surface area contributed by atoms with Crippen LogP contribution >= 0.6 is 0 Å². The summed E-state index contributed by atoms with van der Waals surface area (Å²) in [5, 5.41) is 3.12. The van der Waals surface area contributed by atoms with E-state index >= 15 is 0 Å². The Bertz CT molecular complexity index is 467. The third-order valence-corrected chi connectivity index (χ3v) is 2.33. The second-order valence-electron chi connectivity index (χ2n) is 3.50. The SMILES string of the molecule is Cn1ccnc1CCNc1ccnc(F)c1. The van der Waals surface area contributed by atoms with Crippen molar-refractivity contribution < 1.29 is 4.39 Å². The Labute approximate surface area is 93.2 Å². The average molecular weight is 220 g/mol. The Morgan fingerprint density at radius 2 is 2.25 bits per heavy atom. The molecule has 0 aliphatic carbocycles. The molecule has 4 nitrogen and oxygen atoms in total. The van der Waals surface area contributed by atoms with Crippen LogP contribution in [0.15, 0.2) is 30.7 Å². The fraction of sp³-hybridized carbons (Fsp3) is 0.273. The van der Waals surface area contributed by atoms with Crippen LogP contribution in [-0.4, -0.2) is 21.1 Å². The highest BCUT2D eigenvalue weighted by atomic mass is 19.1. The molecule has 84 valence electrons. The summed E-state index contributed by atoms with van der Waals surface area (Å²) in [6, 6.07) is 3.11. The van der Waals surface area contributed by atoms with Gasteiger partial charge < -0.3 is 9.88 Å². The molecule has 1 N–H and O–H groups in total. The number of hydrogen-bond acceptors (Lipinski definition) is 3. The van der Waals surface area contributed by atoms with Gasteiger partial charge in [0.2, 0.25) is 5.95 Å². The third-order valence-electron chi connectivity index (χ3n) is 2.33. The number of aromatic nitrogens is 3. The number of pyridine rings is 1. The van der Waals surface area contributed by atoms with Crippen LogP contribution in [0.1, 0.15) is 5.82 Å². The van der Waals surface area contributed by atoms with Gasteiger partial charge in [-0.1, -0.05) is 0 Å². The normalized spacial score (nSPS) is 10.4. The standard InChI is InChI=1S/C11H13FN4/c1-16-7-6-15-11(16)3-5-13-9-2-4-14-10(12)8-9/h2,4,6-8H,3,5H2,1H3,(H,13,14). The Morgan fingerprint density at radius 3 is 2.94 bits per heavy atom. The van der Waals surface area contributed by atoms with Gasteiger partial charge in [0.05, 0.1) is 0 Å². The van der Waals surface area contributed by atoms with Crippen molar-refractivity contribution in [1.29, 1.82) is 0 Å². The summed E-state index contributed by atoms with van der Waals surface area (Å²) >= 11 is 0. The minimum absolute atomic E-state index is 0.470. The van der Waals surface area contributed by atoms with Gasteiger partial charge in [0.25, 0.3) is 0 Å². The van der Waals surface area contributed by atoms with Gasteiger partial charge in [0.15, 0.2) is 0 Å². The topological polar surface area (TPSA) is 42.7 Å². The molecular formula is C11H13FN4. The van der Waals surface area contributed by atoms with Crippen LogP contribution in [-0.2, 0) is 13.5 Å². The molecule has 2 aromatic heterocycles. The summed E-state index contributed by atoms with van der Waals surface area (Å²) in [6.07, 6.45) is 5.91. The smallest absolute Gasteiger partial charge is 0.214 e. The van der Waals surface area contributed by atoms with Crippen molar-refractivity contribution in [3.05, 3.63) is 42.5 Å². The van der Waals surface area contributed by atoms with Crippen molar-refractivity contribution in [2.45, 2.75) is 6.42 Å². The lowest BCUT2D eigenvalue weighted by Gasteiger charge is -2.05. The van der Waals surface area contributed by atoms with Gasteiger partial charge in [-0.25, -0.2) is 9.97 Å². The molecule has 0 unspecified atom stereocenters. The average Bonchev–Trinajstić information content (AvgIpc) is 2.65. The van der Waals surface area contributed by atoms with Gasteiger partial charge in [-0.3, -0.25) is 0 Å². The highest BCUT2D eigenvalue weighted by Gasteiger charge is 1.99. The van der Waals surface area contributed by atoms with Crippen LogP contribution in [0.5, 0.6) is 0 Å². The zero-order valence-corrected chi connectivity index (χ0v) is 9.02. The highest BCUT2D eigenvalue weighted by molar-refractivity contribution is 5.41. The zero-order chi connectivity index (χ0) is 11.4. The van der Waals surface area contributed by atoms with Gasteiger partial charge in [0.1, 0.15) is 5.82 Å². The van der Waals surface area contributed by atoms with E-state index in [4.69, 9.17) is 0 Å². The largest absolute Gasteiger partial charge is 0.384 e. The van der Waals surface area contributed by atoms with Crippen LogP contribution in [0, 0.1) is 5.95 Å². The van der Waals surface area contributed by atoms with Crippen molar-refractivity contribution in [3.63, 3.8) is 0 Å². The summed E-state index contributed by atoms with van der Waals surface area (Å²) in [5.41, 5.74) is 0.738. The Hall–Kier alpha value is -1.91. The van der Waals surface area contributed by atoms with Crippen molar-refractivity contribution in [1.82, 2.24) is 14.5 Å². The molecule has 2 rings (SSSR count). The van der Waals surface area contributed by atoms with Crippen LogP contribution in [0.25, 0.3) is 0 Å². The van der Waals surface area contributed by atoms with E-state index in [9.17, 15) is 4.39 Å². The third kappa shape index (κ3) is 2.56. The first-order valence-electron chi connectivity index (χ1n) is 5.07. The second-order valence-corrected chi connectivity index (χ2v) is 3.50. The lowest BCUT2D eigenvalue weighted by Crippen LogP contribution is -2.08. The quantitative estimate of drug-likeness (QED) is 0.796. The van der Waals surface area contributed by atoms with Crippen LogP contribution < -0.4 is 5.32 Å². The molecule has 0 fully saturated rings. The molecule has 0 radical (unpaired) electrons. The van der Waals surface area contributed by atoms with E-state index in [1.54, 1.807) is 12.3 Å². The van der Waals surface area contributed by atoms with E-state index < -0.39 is 5.95 Å². The van der Waals surface area contributed by atoms with E-state index in [0.29, 0.717) is 6.54 Å². The number of halogens is 1. The van der Waals surface area contributed by atoms with Crippen LogP contribution in [0.4, 0.5) is 10.1 Å². The van der Waals surface area contributed by atoms with Crippen molar-refractivity contribution in [2.75, 3.05) is 11.9 Å². The summed E-state index contributed by atoms with van der Waals surface area (Å²) in [6.45, 7) is 0.717. The van der Waals surface area contributed by atoms with Crippen LogP contribution in [0.3, 0.4) is 0 Å². The van der Waals surface area contributed by atoms with Crippen LogP contribution in [0.2, 0.25) is 0 Å². The van der Waals surface area contributed by atoms with Crippen molar-refractivity contribution in [3.8, 4) is 0 Å². The number of anilines is 1. The molecule has 2 heterocycles. The lowest BCUT2D eigenvalue weighted by atomic mass is 10.3. The number of hydrogen-bond donors (Lipinski definition) is 1. The molecule has 2 aromatic rings. The predicted molar refractivity (Wildman–Crippen MR) is 59.6 cm³/mol. The summed E-state index contributed by atoms with van der Waals surface area (Å²) in [7, 11) is 1.95. The maximum atomic E-state index is 12.8. The van der Waals surface area contributed by atoms with Gasteiger partial charge in [0, 0.05) is 50.4 Å². The molecule has 5 heteroatoms. The summed E-state index contributed by atoms with van der Waals surface area (Å²) in [4.78, 5) is 7.69. The van der Waals surface area contributed by atoms with Crippen molar-refractivity contribution >= 4 is 5.69 Å². The molecule has 0 aliphatic heterocycles. The molecule has 0 bridgehead atoms. The van der Waals surface area contributed by atoms with Crippen molar-refractivity contribution in [2.24, 2.45) is 7.05 Å². The second kappa shape index (κ2) is 4.74. The molecule has 0 aromatic carbocycles. The van der Waals surface area contributed by atoms with Gasteiger partial charge >= 0.3 is 0 Å². The number of aryl methyl sites for hydroxylation is 1. The fourth-order valence-corrected chi connectivity index (χ4v) is 1.47. The summed E-state index contributed by atoms with van der Waals surface area (Å²) < 4.78 is 14.7. The van der Waals surface area contributed by atoms with E-state index in [-0.39, 0.29) is 0 Å². The maximum absolute atomic E-state index is 12.8. The molecule has 0 aliphatic rings. The predicted octanol–water partition coefficient (Wildman–Crippen LogP) is 1.61. The molecule has 0 spiro atoms. The molecule has 16 heavy (non-hydrogen) atoms. The lowest BCUT2D eigenvalue weighted by molar-refractivity contribution is 0.584. The zero-order valence-electron chi connectivity index (χ0n) is 9.02. The van der Waals surface area contributed by atoms with Gasteiger partial charge in [-0.15, -0.1) is 0 Å². The number of imidazole rings is 1. The minimum Gasteiger partial charge on any atom is -0.384 e. The Kier molecular flexibility index (Phi) is 3.14. The maximum Gasteiger partial charge on any atom is 0.214 e. The first-order chi connectivity index (χ1) is 7.75. The van der Waals surface area contributed by atoms with Gasteiger partial charge in [-0.2, -0.15) is 4.39 Å². The fourth-order valence-electron chi connectivity index (χ4n) is 1.47. The first-order valence-corrected chi connectivity index (χ1v) is 5.07. The number of nitrogens with one attached hydrogen (secondary N) is 1. The number of nitrogens with zero attached hydrogens (tertiary/aromatic N) is 3. The van der Waals surface area contributed by atoms with E-state index in [2.05, 4.69) is 15.3 Å². The minimum atomic E-state index is -0.470. The summed E-state index contributed by atoms with van der Waals surface area (Å²) in [5.74, 6) is 0.531. The molecule has 0 amide bonds.